The Morgan fingerprint density at radius 1 is 1.56 bits per heavy atom. The smallest absolute Gasteiger partial charge is 0.322 e. The molecule has 0 radical (unpaired) electrons. The fourth-order valence-electron chi connectivity index (χ4n) is 2.25. The van der Waals surface area contributed by atoms with Gasteiger partial charge in [0.25, 0.3) is 0 Å². The van der Waals surface area contributed by atoms with Gasteiger partial charge in [-0.15, -0.1) is 0 Å². The highest BCUT2D eigenvalue weighted by Crippen LogP contribution is 2.25. The van der Waals surface area contributed by atoms with Crippen molar-refractivity contribution in [2.24, 2.45) is 0 Å². The monoisotopic (exact) mass is 248 g/mol. The summed E-state index contributed by atoms with van der Waals surface area (Å²) in [5.74, 6) is -0.229. The molecule has 1 unspecified atom stereocenters. The Morgan fingerprint density at radius 2 is 2.39 bits per heavy atom. The standard InChI is InChI=1S/C14H20N2O2/c1-10(14(17)18-2)16-9-12-6-3-5-11-7-4-8-15-13(11)12/h3,5-6,10,15-16H,4,7-9H2,1-2H3. The van der Waals surface area contributed by atoms with E-state index in [0.717, 1.165) is 13.0 Å². The number of nitrogens with one attached hydrogen (secondary N) is 2. The number of carbonyl (C=O) groups excluding carboxylic acids is 1. The number of anilines is 1. The number of esters is 1. The number of methoxy groups -OCH3 is 1. The van der Waals surface area contributed by atoms with Crippen molar-refractivity contribution in [1.82, 2.24) is 5.32 Å². The second-order valence-electron chi connectivity index (χ2n) is 4.61. The van der Waals surface area contributed by atoms with Crippen LogP contribution in [0.3, 0.4) is 0 Å². The molecular weight excluding hydrogens is 228 g/mol. The van der Waals surface area contributed by atoms with Crippen LogP contribution in [0, 0.1) is 0 Å². The third-order valence-corrected chi connectivity index (χ3v) is 3.32. The molecule has 4 nitrogen and oxygen atoms in total. The van der Waals surface area contributed by atoms with Crippen molar-refractivity contribution in [2.45, 2.75) is 32.4 Å². The van der Waals surface area contributed by atoms with Crippen molar-refractivity contribution in [3.8, 4) is 0 Å². The summed E-state index contributed by atoms with van der Waals surface area (Å²) in [6.45, 7) is 3.51. The maximum absolute atomic E-state index is 11.3. The Labute approximate surface area is 108 Å². The van der Waals surface area contributed by atoms with Crippen LogP contribution in [-0.2, 0) is 22.5 Å². The molecule has 1 aromatic rings. The molecule has 2 rings (SSSR count). The lowest BCUT2D eigenvalue weighted by Crippen LogP contribution is -2.34. The Kier molecular flexibility index (Phi) is 4.20. The fraction of sp³-hybridized carbons (Fsp3) is 0.500. The van der Waals surface area contributed by atoms with Gasteiger partial charge < -0.3 is 15.4 Å². The number of fused-ring (bicyclic) bond motifs is 1. The van der Waals surface area contributed by atoms with Gasteiger partial charge in [0.05, 0.1) is 7.11 Å². The van der Waals surface area contributed by atoms with Crippen molar-refractivity contribution in [3.05, 3.63) is 29.3 Å². The lowest BCUT2D eigenvalue weighted by Gasteiger charge is -2.22. The van der Waals surface area contributed by atoms with E-state index in [1.807, 2.05) is 6.92 Å². The number of ether oxygens (including phenoxy) is 1. The van der Waals surface area contributed by atoms with Crippen LogP contribution in [0.4, 0.5) is 5.69 Å². The normalized spacial score (nSPS) is 15.4. The van der Waals surface area contributed by atoms with Gasteiger partial charge in [-0.05, 0) is 30.9 Å². The molecule has 0 aromatic heterocycles. The number of hydrogen-bond acceptors (Lipinski definition) is 4. The van der Waals surface area contributed by atoms with Crippen LogP contribution in [0.2, 0.25) is 0 Å². The van der Waals surface area contributed by atoms with Gasteiger partial charge in [0.15, 0.2) is 0 Å². The van der Waals surface area contributed by atoms with Gasteiger partial charge in [0.2, 0.25) is 0 Å². The van der Waals surface area contributed by atoms with Gasteiger partial charge in [0.1, 0.15) is 6.04 Å². The van der Waals surface area contributed by atoms with Crippen molar-refractivity contribution >= 4 is 11.7 Å². The van der Waals surface area contributed by atoms with Crippen LogP contribution >= 0.6 is 0 Å². The molecule has 0 amide bonds. The fourth-order valence-corrected chi connectivity index (χ4v) is 2.25. The quantitative estimate of drug-likeness (QED) is 0.796. The van der Waals surface area contributed by atoms with Gasteiger partial charge in [0, 0.05) is 18.8 Å². The first-order chi connectivity index (χ1) is 8.72. The zero-order chi connectivity index (χ0) is 13.0. The van der Waals surface area contributed by atoms with E-state index >= 15 is 0 Å². The van der Waals surface area contributed by atoms with Crippen LogP contribution < -0.4 is 10.6 Å². The summed E-state index contributed by atoms with van der Waals surface area (Å²) < 4.78 is 4.70. The third-order valence-electron chi connectivity index (χ3n) is 3.32. The van der Waals surface area contributed by atoms with E-state index in [0.29, 0.717) is 6.54 Å². The van der Waals surface area contributed by atoms with E-state index in [1.54, 1.807) is 0 Å². The van der Waals surface area contributed by atoms with Gasteiger partial charge in [-0.1, -0.05) is 18.2 Å². The minimum Gasteiger partial charge on any atom is -0.468 e. The summed E-state index contributed by atoms with van der Waals surface area (Å²) in [5, 5.41) is 6.63. The molecule has 18 heavy (non-hydrogen) atoms. The van der Waals surface area contributed by atoms with E-state index in [2.05, 4.69) is 28.8 Å². The van der Waals surface area contributed by atoms with Gasteiger partial charge in [-0.3, -0.25) is 4.79 Å². The molecule has 0 saturated heterocycles. The molecule has 0 aliphatic carbocycles. The molecule has 98 valence electrons. The molecule has 0 spiro atoms. The number of carbonyl (C=O) groups is 1. The van der Waals surface area contributed by atoms with Gasteiger partial charge in [-0.25, -0.2) is 0 Å². The highest BCUT2D eigenvalue weighted by atomic mass is 16.5. The van der Waals surface area contributed by atoms with Crippen LogP contribution in [0.1, 0.15) is 24.5 Å². The third kappa shape index (κ3) is 2.82. The van der Waals surface area contributed by atoms with Crippen molar-refractivity contribution in [1.29, 1.82) is 0 Å². The average Bonchev–Trinajstić information content (AvgIpc) is 2.43. The first-order valence-electron chi connectivity index (χ1n) is 6.38. The van der Waals surface area contributed by atoms with E-state index in [9.17, 15) is 4.79 Å². The maximum atomic E-state index is 11.3. The molecule has 1 aliphatic rings. The molecule has 4 heteroatoms. The van der Waals surface area contributed by atoms with Crippen LogP contribution in [0.5, 0.6) is 0 Å². The molecule has 0 saturated carbocycles. The minimum atomic E-state index is -0.283. The molecule has 1 aliphatic heterocycles. The first kappa shape index (κ1) is 12.9. The highest BCUT2D eigenvalue weighted by Gasteiger charge is 2.15. The van der Waals surface area contributed by atoms with Gasteiger partial charge >= 0.3 is 5.97 Å². The molecule has 2 N–H and O–H groups in total. The number of rotatable bonds is 4. The van der Waals surface area contributed by atoms with E-state index in [1.165, 1.54) is 30.3 Å². The van der Waals surface area contributed by atoms with E-state index in [-0.39, 0.29) is 12.0 Å². The second kappa shape index (κ2) is 5.87. The Bertz CT molecular complexity index is 432. The Hall–Kier alpha value is -1.55. The van der Waals surface area contributed by atoms with Crippen LogP contribution in [-0.4, -0.2) is 25.7 Å². The molecule has 0 fully saturated rings. The molecular formula is C14H20N2O2. The average molecular weight is 248 g/mol. The van der Waals surface area contributed by atoms with Crippen LogP contribution in [0.15, 0.2) is 18.2 Å². The van der Waals surface area contributed by atoms with Crippen molar-refractivity contribution < 1.29 is 9.53 Å². The van der Waals surface area contributed by atoms with Gasteiger partial charge in [-0.2, -0.15) is 0 Å². The summed E-state index contributed by atoms with van der Waals surface area (Å²) >= 11 is 0. The summed E-state index contributed by atoms with van der Waals surface area (Å²) in [5.41, 5.74) is 3.81. The first-order valence-corrected chi connectivity index (χ1v) is 6.38. The largest absolute Gasteiger partial charge is 0.468 e. The maximum Gasteiger partial charge on any atom is 0.322 e. The Morgan fingerprint density at radius 3 is 3.17 bits per heavy atom. The highest BCUT2D eigenvalue weighted by molar-refractivity contribution is 5.75. The summed E-state index contributed by atoms with van der Waals surface area (Å²) in [4.78, 5) is 11.3. The minimum absolute atomic E-state index is 0.229. The predicted octanol–water partition coefficient (Wildman–Crippen LogP) is 1.70. The van der Waals surface area contributed by atoms with Crippen LogP contribution in [0.25, 0.3) is 0 Å². The number of para-hydroxylation sites is 1. The second-order valence-corrected chi connectivity index (χ2v) is 4.61. The van der Waals surface area contributed by atoms with Crippen molar-refractivity contribution in [2.75, 3.05) is 19.0 Å². The summed E-state index contributed by atoms with van der Waals surface area (Å²) in [6, 6.07) is 6.04. The summed E-state index contributed by atoms with van der Waals surface area (Å²) in [6.07, 6.45) is 2.31. The van der Waals surface area contributed by atoms with E-state index < -0.39 is 0 Å². The zero-order valence-corrected chi connectivity index (χ0v) is 11.0. The van der Waals surface area contributed by atoms with Crippen molar-refractivity contribution in [3.63, 3.8) is 0 Å². The molecule has 1 atom stereocenters. The molecule has 0 bridgehead atoms. The molecule has 1 aromatic carbocycles. The number of benzene rings is 1. The topological polar surface area (TPSA) is 50.4 Å². The zero-order valence-electron chi connectivity index (χ0n) is 11.0. The number of aryl methyl sites for hydroxylation is 1. The summed E-state index contributed by atoms with van der Waals surface area (Å²) in [7, 11) is 1.41. The van der Waals surface area contributed by atoms with E-state index in [4.69, 9.17) is 4.74 Å². The Balaban J connectivity index is 2.03. The lowest BCUT2D eigenvalue weighted by molar-refractivity contribution is -0.142. The lowest BCUT2D eigenvalue weighted by atomic mass is 9.99. The number of hydrogen-bond donors (Lipinski definition) is 2. The molecule has 1 heterocycles. The predicted molar refractivity (Wildman–Crippen MR) is 71.6 cm³/mol. The SMILES string of the molecule is COC(=O)C(C)NCc1cccc2c1NCCC2.